The van der Waals surface area contributed by atoms with Crippen LogP contribution < -0.4 is 14.8 Å². The predicted octanol–water partition coefficient (Wildman–Crippen LogP) is 3.34. The molecule has 1 heterocycles. The van der Waals surface area contributed by atoms with E-state index in [4.69, 9.17) is 25.8 Å². The number of esters is 1. The summed E-state index contributed by atoms with van der Waals surface area (Å²) in [7, 11) is 1.54. The maximum atomic E-state index is 11.8. The molecule has 2 aromatic rings. The number of aromatic nitrogens is 1. The zero-order valence-corrected chi connectivity index (χ0v) is 15.7. The molecule has 0 spiro atoms. The van der Waals surface area contributed by atoms with Gasteiger partial charge in [0.1, 0.15) is 5.82 Å². The summed E-state index contributed by atoms with van der Waals surface area (Å²) < 4.78 is 15.6. The van der Waals surface area contributed by atoms with Crippen molar-refractivity contribution in [3.63, 3.8) is 0 Å². The van der Waals surface area contributed by atoms with Crippen LogP contribution in [0.15, 0.2) is 42.6 Å². The van der Waals surface area contributed by atoms with Crippen LogP contribution >= 0.6 is 11.6 Å². The molecule has 0 aliphatic heterocycles. The van der Waals surface area contributed by atoms with Crippen LogP contribution in [-0.4, -0.2) is 37.2 Å². The van der Waals surface area contributed by atoms with Gasteiger partial charge >= 0.3 is 5.97 Å². The van der Waals surface area contributed by atoms with Gasteiger partial charge in [0.15, 0.2) is 18.1 Å². The number of ether oxygens (including phenoxy) is 3. The first-order valence-corrected chi connectivity index (χ1v) is 8.46. The first kappa shape index (κ1) is 20.3. The highest BCUT2D eigenvalue weighted by Crippen LogP contribution is 2.28. The van der Waals surface area contributed by atoms with E-state index in [2.05, 4.69) is 10.3 Å². The lowest BCUT2D eigenvalue weighted by atomic mass is 10.2. The summed E-state index contributed by atoms with van der Waals surface area (Å²) >= 11 is 5.71. The normalized spacial score (nSPS) is 10.5. The molecule has 7 nitrogen and oxygen atoms in total. The van der Waals surface area contributed by atoms with Gasteiger partial charge in [0.25, 0.3) is 5.91 Å². The molecule has 2 rings (SSSR count). The van der Waals surface area contributed by atoms with Gasteiger partial charge in [-0.15, -0.1) is 0 Å². The number of nitrogens with one attached hydrogen (secondary N) is 1. The summed E-state index contributed by atoms with van der Waals surface area (Å²) in [5, 5.41) is 2.95. The summed E-state index contributed by atoms with van der Waals surface area (Å²) in [5.74, 6) is 0.336. The Kier molecular flexibility index (Phi) is 7.63. The number of carbonyl (C=O) groups excluding carboxylic acids is 2. The van der Waals surface area contributed by atoms with Crippen molar-refractivity contribution in [2.24, 2.45) is 0 Å². The molecule has 0 aliphatic carbocycles. The lowest BCUT2D eigenvalue weighted by Crippen LogP contribution is -2.20. The van der Waals surface area contributed by atoms with Crippen molar-refractivity contribution in [2.75, 3.05) is 25.6 Å². The summed E-state index contributed by atoms with van der Waals surface area (Å²) in [6, 6.07) is 8.38. The number of hydrogen-bond acceptors (Lipinski definition) is 6. The molecule has 1 N–H and O–H groups in total. The molecular weight excluding hydrogens is 372 g/mol. The molecule has 142 valence electrons. The maximum Gasteiger partial charge on any atom is 0.331 e. The minimum Gasteiger partial charge on any atom is -0.493 e. The van der Waals surface area contributed by atoms with Crippen molar-refractivity contribution >= 4 is 35.4 Å². The Morgan fingerprint density at radius 3 is 2.70 bits per heavy atom. The maximum absolute atomic E-state index is 11.8. The summed E-state index contributed by atoms with van der Waals surface area (Å²) in [6.07, 6.45) is 4.18. The standard InChI is InChI=1S/C19H19ClN2O5/c1-3-26-15-7-4-13(10-16(15)25-2)5-9-19(24)27-12-18(23)22-17-8-6-14(20)11-21-17/h4-11H,3,12H2,1-2H3,(H,21,22,23)/b9-5+. The third-order valence-corrected chi connectivity index (χ3v) is 3.46. The van der Waals surface area contributed by atoms with E-state index in [-0.39, 0.29) is 0 Å². The lowest BCUT2D eigenvalue weighted by molar-refractivity contribution is -0.142. The van der Waals surface area contributed by atoms with Crippen molar-refractivity contribution < 1.29 is 23.8 Å². The molecule has 1 amide bonds. The van der Waals surface area contributed by atoms with Crippen LogP contribution in [0.2, 0.25) is 5.02 Å². The van der Waals surface area contributed by atoms with E-state index >= 15 is 0 Å². The van der Waals surface area contributed by atoms with E-state index < -0.39 is 18.5 Å². The first-order valence-electron chi connectivity index (χ1n) is 8.09. The van der Waals surface area contributed by atoms with Crippen LogP contribution in [0.1, 0.15) is 12.5 Å². The van der Waals surface area contributed by atoms with E-state index in [0.717, 1.165) is 5.56 Å². The minimum absolute atomic E-state index is 0.317. The average molecular weight is 391 g/mol. The Bertz CT molecular complexity index is 821. The quantitative estimate of drug-likeness (QED) is 0.549. The molecule has 0 unspecified atom stereocenters. The average Bonchev–Trinajstić information content (AvgIpc) is 2.67. The zero-order chi connectivity index (χ0) is 19.6. The fourth-order valence-electron chi connectivity index (χ4n) is 2.04. The SMILES string of the molecule is CCOc1ccc(/C=C/C(=O)OCC(=O)Nc2ccc(Cl)cn2)cc1OC. The molecule has 0 saturated carbocycles. The number of carbonyl (C=O) groups is 2. The number of benzene rings is 1. The summed E-state index contributed by atoms with van der Waals surface area (Å²) in [4.78, 5) is 27.4. The number of halogens is 1. The van der Waals surface area contributed by atoms with E-state index in [0.29, 0.717) is 28.9 Å². The van der Waals surface area contributed by atoms with Crippen LogP contribution in [-0.2, 0) is 14.3 Å². The monoisotopic (exact) mass is 390 g/mol. The fraction of sp³-hybridized carbons (Fsp3) is 0.211. The van der Waals surface area contributed by atoms with Gasteiger partial charge in [0.05, 0.1) is 18.7 Å². The van der Waals surface area contributed by atoms with E-state index in [1.54, 1.807) is 36.4 Å². The van der Waals surface area contributed by atoms with E-state index in [1.165, 1.54) is 19.4 Å². The Balaban J connectivity index is 1.85. The topological polar surface area (TPSA) is 86.8 Å². The van der Waals surface area contributed by atoms with Crippen molar-refractivity contribution in [1.82, 2.24) is 4.98 Å². The van der Waals surface area contributed by atoms with Gasteiger partial charge in [-0.05, 0) is 42.8 Å². The highest BCUT2D eigenvalue weighted by molar-refractivity contribution is 6.30. The third-order valence-electron chi connectivity index (χ3n) is 3.24. The number of pyridine rings is 1. The first-order chi connectivity index (χ1) is 13.0. The number of nitrogens with zero attached hydrogens (tertiary/aromatic N) is 1. The molecule has 0 radical (unpaired) electrons. The van der Waals surface area contributed by atoms with Gasteiger partial charge in [-0.25, -0.2) is 9.78 Å². The van der Waals surface area contributed by atoms with Gasteiger partial charge in [-0.1, -0.05) is 17.7 Å². The van der Waals surface area contributed by atoms with Crippen LogP contribution in [0.4, 0.5) is 5.82 Å². The minimum atomic E-state index is -0.651. The third kappa shape index (κ3) is 6.63. The van der Waals surface area contributed by atoms with Crippen molar-refractivity contribution in [3.05, 3.63) is 53.2 Å². The molecule has 8 heteroatoms. The lowest BCUT2D eigenvalue weighted by Gasteiger charge is -2.09. The van der Waals surface area contributed by atoms with E-state index in [1.807, 2.05) is 6.92 Å². The number of methoxy groups -OCH3 is 1. The Labute approximate surface area is 161 Å². The molecule has 0 atom stereocenters. The van der Waals surface area contributed by atoms with Crippen LogP contribution in [0.25, 0.3) is 6.08 Å². The Morgan fingerprint density at radius 2 is 2.04 bits per heavy atom. The second-order valence-electron chi connectivity index (χ2n) is 5.19. The summed E-state index contributed by atoms with van der Waals surface area (Å²) in [6.45, 7) is 1.97. The van der Waals surface area contributed by atoms with Gasteiger partial charge in [-0.2, -0.15) is 0 Å². The number of amides is 1. The highest BCUT2D eigenvalue weighted by Gasteiger charge is 2.07. The largest absolute Gasteiger partial charge is 0.493 e. The highest BCUT2D eigenvalue weighted by atomic mass is 35.5. The molecule has 0 aliphatic rings. The molecule has 0 fully saturated rings. The molecule has 0 bridgehead atoms. The molecule has 0 saturated heterocycles. The second-order valence-corrected chi connectivity index (χ2v) is 5.63. The van der Waals surface area contributed by atoms with Gasteiger partial charge in [0, 0.05) is 12.3 Å². The van der Waals surface area contributed by atoms with E-state index in [9.17, 15) is 9.59 Å². The summed E-state index contributed by atoms with van der Waals surface area (Å²) in [5.41, 5.74) is 0.724. The van der Waals surface area contributed by atoms with Crippen molar-refractivity contribution in [3.8, 4) is 11.5 Å². The van der Waals surface area contributed by atoms with Gasteiger partial charge in [0.2, 0.25) is 0 Å². The number of rotatable bonds is 8. The molecule has 1 aromatic heterocycles. The molecule has 1 aromatic carbocycles. The van der Waals surface area contributed by atoms with Crippen LogP contribution in [0.5, 0.6) is 11.5 Å². The Hall–Kier alpha value is -3.06. The fourth-order valence-corrected chi connectivity index (χ4v) is 2.15. The van der Waals surface area contributed by atoms with Crippen molar-refractivity contribution in [1.29, 1.82) is 0 Å². The molecule has 27 heavy (non-hydrogen) atoms. The smallest absolute Gasteiger partial charge is 0.331 e. The Morgan fingerprint density at radius 1 is 1.22 bits per heavy atom. The molecular formula is C19H19ClN2O5. The second kappa shape index (κ2) is 10.2. The zero-order valence-electron chi connectivity index (χ0n) is 14.9. The van der Waals surface area contributed by atoms with Gasteiger partial charge < -0.3 is 19.5 Å². The van der Waals surface area contributed by atoms with Crippen LogP contribution in [0.3, 0.4) is 0 Å². The number of anilines is 1. The van der Waals surface area contributed by atoms with Crippen molar-refractivity contribution in [2.45, 2.75) is 6.92 Å². The predicted molar refractivity (Wildman–Crippen MR) is 102 cm³/mol. The van der Waals surface area contributed by atoms with Crippen LogP contribution in [0, 0.1) is 0 Å². The van der Waals surface area contributed by atoms with Gasteiger partial charge in [-0.3, -0.25) is 4.79 Å². The number of hydrogen-bond donors (Lipinski definition) is 1.